The second-order valence-electron chi connectivity index (χ2n) is 8.37. The summed E-state index contributed by atoms with van der Waals surface area (Å²) in [7, 11) is 0. The minimum Gasteiger partial charge on any atom is -0.412 e. The Bertz CT molecular complexity index is 653. The van der Waals surface area contributed by atoms with Gasteiger partial charge in [0, 0.05) is 0 Å². The van der Waals surface area contributed by atoms with Gasteiger partial charge in [0.25, 0.3) is 0 Å². The summed E-state index contributed by atoms with van der Waals surface area (Å²) in [6.45, 7) is -3.49. The van der Waals surface area contributed by atoms with Crippen molar-refractivity contribution < 1.29 is 85.3 Å². The molecule has 3 aliphatic rings. The molecule has 0 radical (unpaired) electrons. The Kier molecular flexibility index (Phi) is 10.7. The van der Waals surface area contributed by atoms with Gasteiger partial charge in [-0.25, -0.2) is 0 Å². The van der Waals surface area contributed by atoms with E-state index in [4.69, 9.17) is 23.7 Å². The van der Waals surface area contributed by atoms with Gasteiger partial charge in [-0.15, -0.1) is 0 Å². The van der Waals surface area contributed by atoms with Gasteiger partial charge in [-0.3, -0.25) is 0 Å². The van der Waals surface area contributed by atoms with Crippen molar-refractivity contribution in [2.75, 3.05) is 26.4 Å². The molecule has 3 saturated heterocycles. The van der Waals surface area contributed by atoms with E-state index in [2.05, 4.69) is 0 Å². The highest BCUT2D eigenvalue weighted by Crippen LogP contribution is 2.39. The van der Waals surface area contributed by atoms with E-state index >= 15 is 0 Å². The summed E-state index contributed by atoms with van der Waals surface area (Å²) in [5.74, 6) is -2.43. The van der Waals surface area contributed by atoms with Crippen LogP contribution in [0.5, 0.6) is 0 Å². The maximum absolute atomic E-state index is 10.6. The van der Waals surface area contributed by atoms with E-state index in [-0.39, 0.29) is 5.48 Å². The number of ether oxygens (including phenoxy) is 5. The monoisotopic (exact) mass is 522 g/mol. The van der Waals surface area contributed by atoms with Crippen LogP contribution in [0.25, 0.3) is 0 Å². The molecular formula is C18H34O17. The fourth-order valence-corrected chi connectivity index (χ4v) is 4.12. The van der Waals surface area contributed by atoms with E-state index in [1.807, 2.05) is 0 Å². The van der Waals surface area contributed by atoms with Gasteiger partial charge in [-0.1, -0.05) is 0 Å². The number of hydrogen-bond acceptors (Lipinski definition) is 16. The van der Waals surface area contributed by atoms with Gasteiger partial charge in [-0.2, -0.15) is 0 Å². The zero-order chi connectivity index (χ0) is 25.4. The highest BCUT2D eigenvalue weighted by atomic mass is 16.8. The zero-order valence-electron chi connectivity index (χ0n) is 18.3. The second-order valence-corrected chi connectivity index (χ2v) is 8.37. The van der Waals surface area contributed by atoms with Crippen LogP contribution >= 0.6 is 0 Å². The first-order chi connectivity index (χ1) is 16.0. The van der Waals surface area contributed by atoms with E-state index in [0.29, 0.717) is 0 Å². The first-order valence-corrected chi connectivity index (χ1v) is 10.6. The second kappa shape index (κ2) is 12.2. The van der Waals surface area contributed by atoms with Crippen LogP contribution in [0, 0.1) is 0 Å². The first-order valence-electron chi connectivity index (χ1n) is 10.6. The largest absolute Gasteiger partial charge is 0.412 e. The third-order valence-corrected chi connectivity index (χ3v) is 6.17. The van der Waals surface area contributed by atoms with Crippen LogP contribution in [0.1, 0.15) is 0 Å². The molecular weight excluding hydrogens is 488 g/mol. The van der Waals surface area contributed by atoms with Crippen molar-refractivity contribution in [3.05, 3.63) is 0 Å². The Balaban J connectivity index is 0.00000432. The molecule has 3 rings (SSSR count). The molecule has 0 bridgehead atoms. The summed E-state index contributed by atoms with van der Waals surface area (Å²) in [6.07, 6.45) is -22.3. The van der Waals surface area contributed by atoms with Crippen molar-refractivity contribution in [1.29, 1.82) is 0 Å². The van der Waals surface area contributed by atoms with Crippen molar-refractivity contribution >= 4 is 0 Å². The molecule has 0 unspecified atom stereocenters. The molecule has 3 aliphatic heterocycles. The fraction of sp³-hybridized carbons (Fsp3) is 1.00. The molecule has 208 valence electrons. The molecule has 0 aromatic rings. The molecule has 0 saturated carbocycles. The number of aliphatic hydroxyl groups is 11. The lowest BCUT2D eigenvalue weighted by Crippen LogP contribution is -2.64. The topological polar surface area (TPSA) is 300 Å². The highest BCUT2D eigenvalue weighted by Gasteiger charge is 2.61. The molecule has 14 atom stereocenters. The molecule has 17 heteroatoms. The summed E-state index contributed by atoms with van der Waals surface area (Å²) in [4.78, 5) is 0. The summed E-state index contributed by atoms with van der Waals surface area (Å²) >= 11 is 0. The Morgan fingerprint density at radius 1 is 0.571 bits per heavy atom. The smallest absolute Gasteiger partial charge is 0.224 e. The van der Waals surface area contributed by atoms with E-state index in [1.54, 1.807) is 0 Å². The van der Waals surface area contributed by atoms with Crippen molar-refractivity contribution in [3.8, 4) is 0 Å². The maximum Gasteiger partial charge on any atom is 0.224 e. The van der Waals surface area contributed by atoms with Crippen LogP contribution in [-0.2, 0) is 23.7 Å². The van der Waals surface area contributed by atoms with Gasteiger partial charge in [0.15, 0.2) is 12.6 Å². The Morgan fingerprint density at radius 3 is 1.49 bits per heavy atom. The Hall–Kier alpha value is -0.680. The molecule has 0 aromatic carbocycles. The van der Waals surface area contributed by atoms with Crippen molar-refractivity contribution in [3.63, 3.8) is 0 Å². The average molecular weight is 522 g/mol. The quantitative estimate of drug-likeness (QED) is 0.141. The van der Waals surface area contributed by atoms with Crippen molar-refractivity contribution in [2.45, 2.75) is 85.5 Å². The van der Waals surface area contributed by atoms with E-state index in [9.17, 15) is 56.2 Å². The van der Waals surface area contributed by atoms with E-state index in [0.717, 1.165) is 0 Å². The molecule has 17 nitrogen and oxygen atoms in total. The van der Waals surface area contributed by atoms with Gasteiger partial charge >= 0.3 is 0 Å². The molecule has 0 aromatic heterocycles. The molecule has 3 heterocycles. The zero-order valence-corrected chi connectivity index (χ0v) is 18.3. The summed E-state index contributed by atoms with van der Waals surface area (Å²) in [5.41, 5.74) is 0. The molecule has 0 aliphatic carbocycles. The van der Waals surface area contributed by atoms with Crippen LogP contribution < -0.4 is 0 Å². The third kappa shape index (κ3) is 5.61. The van der Waals surface area contributed by atoms with E-state index < -0.39 is 112 Å². The Morgan fingerprint density at radius 2 is 1.03 bits per heavy atom. The molecule has 35 heavy (non-hydrogen) atoms. The van der Waals surface area contributed by atoms with Gasteiger partial charge in [0.05, 0.1) is 19.8 Å². The number of aliphatic hydroxyl groups excluding tert-OH is 11. The van der Waals surface area contributed by atoms with Gasteiger partial charge in [0.1, 0.15) is 73.8 Å². The van der Waals surface area contributed by atoms with Crippen LogP contribution in [-0.4, -0.2) is 174 Å². The van der Waals surface area contributed by atoms with Gasteiger partial charge in [-0.05, 0) is 0 Å². The van der Waals surface area contributed by atoms with Crippen LogP contribution in [0.3, 0.4) is 0 Å². The molecule has 0 spiro atoms. The fourth-order valence-electron chi connectivity index (χ4n) is 4.12. The molecule has 0 amide bonds. The standard InChI is InChI=1S/C18H32O16.H2O/c19-1-5-8(23)11(26)13(28)16(30-5)32-15-10(25)7(3-21)33-18(15,4-22)34-17-14(29)12(27)9(24)6(2-20)31-17;/h5-17,19-29H,1-4H2;1H2/t5-,6-,7-,8-,9-,10-,11+,12+,13-,14-,15+,16-,17-,18+;/m1./s1. The van der Waals surface area contributed by atoms with Crippen LogP contribution in [0.4, 0.5) is 0 Å². The highest BCUT2D eigenvalue weighted by molar-refractivity contribution is 5.01. The Labute approximate surface area is 198 Å². The predicted molar refractivity (Wildman–Crippen MR) is 105 cm³/mol. The third-order valence-electron chi connectivity index (χ3n) is 6.17. The molecule has 3 fully saturated rings. The number of rotatable bonds is 8. The average Bonchev–Trinajstić information content (AvgIpc) is 3.10. The van der Waals surface area contributed by atoms with Gasteiger partial charge in [0.2, 0.25) is 5.79 Å². The van der Waals surface area contributed by atoms with Gasteiger partial charge < -0.3 is 85.3 Å². The minimum atomic E-state index is -2.43. The SMILES string of the molecule is O.OC[C@H]1O[C@@](CO)(O[C@H]2O[C@H](CO)[C@@H](O)[C@H](O)[C@H]2O)[C@@H](O[C@H]2O[C@H](CO)[C@@H](O)[C@H](O)[C@H]2O)[C@@H]1O. The lowest BCUT2D eigenvalue weighted by atomic mass is 9.98. The summed E-state index contributed by atoms with van der Waals surface area (Å²) in [5, 5.41) is 109. The minimum absolute atomic E-state index is 0. The van der Waals surface area contributed by atoms with E-state index in [1.165, 1.54) is 0 Å². The normalized spacial score (nSPS) is 50.7. The lowest BCUT2D eigenvalue weighted by molar-refractivity contribution is -0.400. The van der Waals surface area contributed by atoms with Crippen molar-refractivity contribution in [1.82, 2.24) is 0 Å². The summed E-state index contributed by atoms with van der Waals surface area (Å²) < 4.78 is 27.0. The van der Waals surface area contributed by atoms with Crippen molar-refractivity contribution in [2.24, 2.45) is 0 Å². The first kappa shape index (κ1) is 30.5. The van der Waals surface area contributed by atoms with Crippen LogP contribution in [0.2, 0.25) is 0 Å². The lowest BCUT2D eigenvalue weighted by Gasteiger charge is -2.45. The van der Waals surface area contributed by atoms with Crippen LogP contribution in [0.15, 0.2) is 0 Å². The number of hydrogen-bond donors (Lipinski definition) is 11. The maximum atomic E-state index is 10.6. The predicted octanol–water partition coefficient (Wildman–Crippen LogP) is -8.40. The molecule has 13 N–H and O–H groups in total. The summed E-state index contributed by atoms with van der Waals surface area (Å²) in [6, 6.07) is 0.